The zero-order valence-electron chi connectivity index (χ0n) is 19.9. The van der Waals surface area contributed by atoms with Crippen LogP contribution in [0.2, 0.25) is 0 Å². The third-order valence-corrected chi connectivity index (χ3v) is 4.73. The van der Waals surface area contributed by atoms with Gasteiger partial charge in [0, 0.05) is 18.5 Å². The number of benzene rings is 2. The summed E-state index contributed by atoms with van der Waals surface area (Å²) in [6.45, 7) is 14.8. The number of aliphatic hydroxyl groups is 1. The second-order valence-electron chi connectivity index (χ2n) is 10.3. The maximum atomic E-state index is 12.5. The molecule has 0 radical (unpaired) electrons. The van der Waals surface area contributed by atoms with E-state index < -0.39 is 6.10 Å². The van der Waals surface area contributed by atoms with Crippen LogP contribution in [0.3, 0.4) is 0 Å². The quantitative estimate of drug-likeness (QED) is 0.403. The predicted molar refractivity (Wildman–Crippen MR) is 125 cm³/mol. The van der Waals surface area contributed by atoms with Crippen molar-refractivity contribution >= 4 is 5.97 Å². The number of nitrogens with one attached hydrogen (secondary N) is 1. The number of hydrogen-bond donors (Lipinski definition) is 2. The Morgan fingerprint density at radius 2 is 1.65 bits per heavy atom. The molecule has 0 saturated heterocycles. The first kappa shape index (κ1) is 24.9. The van der Waals surface area contributed by atoms with Crippen LogP contribution in [0.5, 0.6) is 17.2 Å². The summed E-state index contributed by atoms with van der Waals surface area (Å²) in [6.07, 6.45) is 0.295. The summed E-state index contributed by atoms with van der Waals surface area (Å²) in [4.78, 5) is 12.5. The standard InChI is InChI=1S/C26H37NO4/c1-18-8-11-20(12-9-18)30-22-13-10-19(21(28)17-27-26(5,6)7)16-23(22)31-24(29)14-15-25(2,3)4/h8-13,16,21,27-28H,14-15,17H2,1-7H3. The first-order valence-electron chi connectivity index (χ1n) is 10.8. The van der Waals surface area contributed by atoms with Gasteiger partial charge in [-0.3, -0.25) is 4.79 Å². The van der Waals surface area contributed by atoms with E-state index in [1.807, 2.05) is 52.0 Å². The van der Waals surface area contributed by atoms with E-state index in [0.717, 1.165) is 12.0 Å². The second-order valence-corrected chi connectivity index (χ2v) is 10.3. The molecule has 31 heavy (non-hydrogen) atoms. The summed E-state index contributed by atoms with van der Waals surface area (Å²) in [5, 5.41) is 13.9. The minimum absolute atomic E-state index is 0.0386. The molecular formula is C26H37NO4. The van der Waals surface area contributed by atoms with Gasteiger partial charge < -0.3 is 19.9 Å². The molecule has 0 aliphatic rings. The summed E-state index contributed by atoms with van der Waals surface area (Å²) in [5.74, 6) is 1.09. The second kappa shape index (κ2) is 10.3. The van der Waals surface area contributed by atoms with Crippen LogP contribution in [-0.4, -0.2) is 23.2 Å². The molecule has 2 rings (SSSR count). The van der Waals surface area contributed by atoms with Crippen molar-refractivity contribution in [3.8, 4) is 17.2 Å². The van der Waals surface area contributed by atoms with Gasteiger partial charge >= 0.3 is 5.97 Å². The van der Waals surface area contributed by atoms with E-state index in [1.165, 1.54) is 0 Å². The van der Waals surface area contributed by atoms with Crippen molar-refractivity contribution < 1.29 is 19.4 Å². The van der Waals surface area contributed by atoms with Crippen molar-refractivity contribution in [1.29, 1.82) is 0 Å². The van der Waals surface area contributed by atoms with Crippen molar-refractivity contribution in [2.75, 3.05) is 6.54 Å². The van der Waals surface area contributed by atoms with Gasteiger partial charge in [-0.1, -0.05) is 44.5 Å². The van der Waals surface area contributed by atoms with Crippen LogP contribution in [0.15, 0.2) is 42.5 Å². The van der Waals surface area contributed by atoms with Gasteiger partial charge in [0.25, 0.3) is 0 Å². The number of aliphatic hydroxyl groups excluding tert-OH is 1. The average Bonchev–Trinajstić information content (AvgIpc) is 2.66. The fraction of sp³-hybridized carbons (Fsp3) is 0.500. The van der Waals surface area contributed by atoms with E-state index >= 15 is 0 Å². The van der Waals surface area contributed by atoms with Crippen LogP contribution in [-0.2, 0) is 4.79 Å². The smallest absolute Gasteiger partial charge is 0.311 e. The number of esters is 1. The van der Waals surface area contributed by atoms with Crippen LogP contribution in [0.25, 0.3) is 0 Å². The minimum Gasteiger partial charge on any atom is -0.453 e. The molecule has 0 heterocycles. The van der Waals surface area contributed by atoms with Crippen LogP contribution >= 0.6 is 0 Å². The lowest BCUT2D eigenvalue weighted by molar-refractivity contribution is -0.135. The van der Waals surface area contributed by atoms with E-state index in [4.69, 9.17) is 9.47 Å². The number of carbonyl (C=O) groups is 1. The highest BCUT2D eigenvalue weighted by atomic mass is 16.6. The molecule has 5 heteroatoms. The summed E-state index contributed by atoms with van der Waals surface area (Å²) in [6, 6.07) is 12.9. The molecule has 2 N–H and O–H groups in total. The Morgan fingerprint density at radius 3 is 2.23 bits per heavy atom. The van der Waals surface area contributed by atoms with Crippen LogP contribution in [0, 0.1) is 12.3 Å². The number of β-amino-alcohol motifs (C(OH)–C–C–N with tert-alkyl or cyclic N) is 1. The molecule has 0 aromatic heterocycles. The van der Waals surface area contributed by atoms with Crippen molar-refractivity contribution in [1.82, 2.24) is 5.32 Å². The van der Waals surface area contributed by atoms with E-state index in [1.54, 1.807) is 18.2 Å². The number of hydrogen-bond acceptors (Lipinski definition) is 5. The Morgan fingerprint density at radius 1 is 1.00 bits per heavy atom. The Labute approximate surface area is 186 Å². The molecule has 1 atom stereocenters. The molecule has 0 spiro atoms. The Balaban J connectivity index is 2.24. The highest BCUT2D eigenvalue weighted by Gasteiger charge is 2.19. The molecule has 0 saturated carbocycles. The topological polar surface area (TPSA) is 67.8 Å². The molecule has 0 bridgehead atoms. The van der Waals surface area contributed by atoms with E-state index in [2.05, 4.69) is 26.1 Å². The molecule has 0 fully saturated rings. The molecule has 170 valence electrons. The molecule has 0 aliphatic heterocycles. The van der Waals surface area contributed by atoms with Crippen molar-refractivity contribution in [2.45, 2.75) is 73.0 Å². The molecular weight excluding hydrogens is 390 g/mol. The van der Waals surface area contributed by atoms with Gasteiger partial charge in [-0.15, -0.1) is 0 Å². The van der Waals surface area contributed by atoms with E-state index in [-0.39, 0.29) is 16.9 Å². The van der Waals surface area contributed by atoms with Crippen LogP contribution in [0.4, 0.5) is 0 Å². The predicted octanol–water partition coefficient (Wildman–Crippen LogP) is 5.94. The normalized spacial score (nSPS) is 13.0. The molecule has 2 aromatic rings. The SMILES string of the molecule is Cc1ccc(Oc2ccc(C(O)CNC(C)(C)C)cc2OC(=O)CCC(C)(C)C)cc1. The number of rotatable bonds is 8. The van der Waals surface area contributed by atoms with Gasteiger partial charge in [0.15, 0.2) is 11.5 Å². The fourth-order valence-electron chi connectivity index (χ4n) is 2.80. The van der Waals surface area contributed by atoms with E-state index in [9.17, 15) is 9.90 Å². The van der Waals surface area contributed by atoms with Gasteiger partial charge in [0.1, 0.15) is 5.75 Å². The maximum Gasteiger partial charge on any atom is 0.311 e. The van der Waals surface area contributed by atoms with Crippen LogP contribution in [0.1, 0.15) is 71.6 Å². The molecule has 0 amide bonds. The number of carbonyl (C=O) groups excluding carboxylic acids is 1. The zero-order chi connectivity index (χ0) is 23.2. The number of ether oxygens (including phenoxy) is 2. The lowest BCUT2D eigenvalue weighted by atomic mass is 9.91. The third-order valence-electron chi connectivity index (χ3n) is 4.73. The molecule has 1 unspecified atom stereocenters. The van der Waals surface area contributed by atoms with Crippen molar-refractivity contribution in [3.63, 3.8) is 0 Å². The monoisotopic (exact) mass is 427 g/mol. The van der Waals surface area contributed by atoms with Gasteiger partial charge in [-0.05, 0) is 69.4 Å². The van der Waals surface area contributed by atoms with Crippen molar-refractivity contribution in [3.05, 3.63) is 53.6 Å². The highest BCUT2D eigenvalue weighted by molar-refractivity contribution is 5.73. The van der Waals surface area contributed by atoms with Gasteiger partial charge in [0.05, 0.1) is 6.10 Å². The molecule has 5 nitrogen and oxygen atoms in total. The minimum atomic E-state index is -0.736. The summed E-state index contributed by atoms with van der Waals surface area (Å²) in [5.41, 5.74) is 1.71. The Kier molecular flexibility index (Phi) is 8.27. The average molecular weight is 428 g/mol. The lowest BCUT2D eigenvalue weighted by Crippen LogP contribution is -2.38. The summed E-state index contributed by atoms with van der Waals surface area (Å²) >= 11 is 0. The first-order chi connectivity index (χ1) is 14.3. The largest absolute Gasteiger partial charge is 0.453 e. The van der Waals surface area contributed by atoms with E-state index in [0.29, 0.717) is 35.8 Å². The summed E-state index contributed by atoms with van der Waals surface area (Å²) < 4.78 is 11.7. The maximum absolute atomic E-state index is 12.5. The lowest BCUT2D eigenvalue weighted by Gasteiger charge is -2.23. The summed E-state index contributed by atoms with van der Waals surface area (Å²) in [7, 11) is 0. The van der Waals surface area contributed by atoms with Gasteiger partial charge in [-0.25, -0.2) is 0 Å². The Hall–Kier alpha value is -2.37. The first-order valence-corrected chi connectivity index (χ1v) is 10.8. The fourth-order valence-corrected chi connectivity index (χ4v) is 2.80. The molecule has 2 aromatic carbocycles. The Bertz CT molecular complexity index is 860. The van der Waals surface area contributed by atoms with Gasteiger partial charge in [0.2, 0.25) is 0 Å². The number of aryl methyl sites for hydroxylation is 1. The molecule has 0 aliphatic carbocycles. The third kappa shape index (κ3) is 9.11. The van der Waals surface area contributed by atoms with Crippen LogP contribution < -0.4 is 14.8 Å². The zero-order valence-corrected chi connectivity index (χ0v) is 19.9. The van der Waals surface area contributed by atoms with Gasteiger partial charge in [-0.2, -0.15) is 0 Å². The highest BCUT2D eigenvalue weighted by Crippen LogP contribution is 2.35. The van der Waals surface area contributed by atoms with Crippen molar-refractivity contribution in [2.24, 2.45) is 5.41 Å².